The molecule has 6 nitrogen and oxygen atoms in total. The summed E-state index contributed by atoms with van der Waals surface area (Å²) in [5.74, 6) is 1.56. The Hall–Kier alpha value is -1.86. The van der Waals surface area contributed by atoms with E-state index in [1.54, 1.807) is 38.1 Å². The van der Waals surface area contributed by atoms with Crippen LogP contribution in [0.1, 0.15) is 20.8 Å². The second kappa shape index (κ2) is 7.40. The van der Waals surface area contributed by atoms with Crippen molar-refractivity contribution in [3.8, 4) is 11.5 Å². The quantitative estimate of drug-likeness (QED) is 0.795. The fourth-order valence-electron chi connectivity index (χ4n) is 3.07. The number of methoxy groups -OCH3 is 2. The summed E-state index contributed by atoms with van der Waals surface area (Å²) in [5.41, 5.74) is 1.81. The van der Waals surface area contributed by atoms with Gasteiger partial charge < -0.3 is 20.1 Å². The van der Waals surface area contributed by atoms with Gasteiger partial charge in [0, 0.05) is 12.1 Å². The molecule has 3 atom stereocenters. The van der Waals surface area contributed by atoms with Crippen LogP contribution in [0.2, 0.25) is 5.02 Å². The van der Waals surface area contributed by atoms with E-state index in [0.29, 0.717) is 28.0 Å². The van der Waals surface area contributed by atoms with E-state index in [4.69, 9.17) is 26.1 Å². The van der Waals surface area contributed by atoms with Gasteiger partial charge in [-0.1, -0.05) is 11.6 Å². The van der Waals surface area contributed by atoms with Crippen molar-refractivity contribution in [2.45, 2.75) is 32.2 Å². The minimum Gasteiger partial charge on any atom is -0.495 e. The molecule has 8 heteroatoms. The van der Waals surface area contributed by atoms with Crippen molar-refractivity contribution in [3.63, 3.8) is 0 Å². The van der Waals surface area contributed by atoms with Crippen molar-refractivity contribution in [3.05, 3.63) is 27.6 Å². The van der Waals surface area contributed by atoms with E-state index >= 15 is 0 Å². The maximum atomic E-state index is 12.5. The van der Waals surface area contributed by atoms with Crippen molar-refractivity contribution < 1.29 is 14.3 Å². The topological polar surface area (TPSA) is 72.0 Å². The van der Waals surface area contributed by atoms with Gasteiger partial charge in [-0.05, 0) is 31.2 Å². The van der Waals surface area contributed by atoms with Crippen LogP contribution >= 0.6 is 23.4 Å². The van der Waals surface area contributed by atoms with Crippen molar-refractivity contribution in [2.75, 3.05) is 19.5 Å². The molecule has 0 saturated heterocycles. The Kier molecular flexibility index (Phi) is 5.39. The molecule has 1 aromatic carbocycles. The first-order chi connectivity index (χ1) is 12.3. The number of hydrogen-bond donors (Lipinski definition) is 2. The van der Waals surface area contributed by atoms with Crippen molar-refractivity contribution in [1.82, 2.24) is 5.32 Å². The van der Waals surface area contributed by atoms with Gasteiger partial charge in [0.15, 0.2) is 0 Å². The Morgan fingerprint density at radius 2 is 1.96 bits per heavy atom. The molecule has 0 fully saturated rings. The second-order valence-corrected chi connectivity index (χ2v) is 8.02. The van der Waals surface area contributed by atoms with Gasteiger partial charge >= 0.3 is 0 Å². The van der Waals surface area contributed by atoms with Crippen LogP contribution in [0, 0.1) is 5.92 Å². The van der Waals surface area contributed by atoms with E-state index in [9.17, 15) is 4.79 Å². The summed E-state index contributed by atoms with van der Waals surface area (Å²) in [4.78, 5) is 18.5. The van der Waals surface area contributed by atoms with Gasteiger partial charge in [-0.3, -0.25) is 9.79 Å². The van der Waals surface area contributed by atoms with Crippen LogP contribution in [0.15, 0.2) is 27.6 Å². The minimum absolute atomic E-state index is 0.00356. The van der Waals surface area contributed by atoms with Crippen LogP contribution in [-0.4, -0.2) is 37.4 Å². The van der Waals surface area contributed by atoms with E-state index in [0.717, 1.165) is 5.57 Å². The Labute approximate surface area is 162 Å². The first kappa shape index (κ1) is 18.9. The summed E-state index contributed by atoms with van der Waals surface area (Å²) in [6, 6.07) is 3.24. The van der Waals surface area contributed by atoms with Gasteiger partial charge in [0.2, 0.25) is 5.91 Å². The number of allylic oxidation sites excluding steroid dienone is 1. The first-order valence-electron chi connectivity index (χ1n) is 8.26. The summed E-state index contributed by atoms with van der Waals surface area (Å²) in [6.45, 7) is 5.97. The number of amidine groups is 1. The van der Waals surface area contributed by atoms with E-state index < -0.39 is 0 Å². The highest BCUT2D eigenvalue weighted by Gasteiger charge is 2.41. The molecule has 1 amide bonds. The molecule has 0 aliphatic carbocycles. The highest BCUT2D eigenvalue weighted by Crippen LogP contribution is 2.44. The number of anilines is 1. The molecule has 0 saturated carbocycles. The SMILES string of the molecule is COc1cc(NC(C)C2=NC3SC(C)=C(C)C3C(=O)N2)c(OC)cc1Cl. The van der Waals surface area contributed by atoms with Crippen molar-refractivity contribution in [1.29, 1.82) is 0 Å². The molecule has 0 radical (unpaired) electrons. The fraction of sp³-hybridized carbons (Fsp3) is 0.444. The molecule has 2 heterocycles. The lowest BCUT2D eigenvalue weighted by atomic mass is 9.97. The Bertz CT molecular complexity index is 809. The lowest BCUT2D eigenvalue weighted by Gasteiger charge is -2.28. The Balaban J connectivity index is 1.83. The van der Waals surface area contributed by atoms with Crippen LogP contribution in [0.3, 0.4) is 0 Å². The predicted molar refractivity (Wildman–Crippen MR) is 106 cm³/mol. The van der Waals surface area contributed by atoms with Gasteiger partial charge in [-0.25, -0.2) is 0 Å². The van der Waals surface area contributed by atoms with Crippen molar-refractivity contribution in [2.24, 2.45) is 10.9 Å². The molecule has 26 heavy (non-hydrogen) atoms. The number of carbonyl (C=O) groups is 1. The van der Waals surface area contributed by atoms with Crippen LogP contribution in [0.4, 0.5) is 5.69 Å². The molecule has 1 aromatic rings. The molecular formula is C18H22ClN3O3S. The minimum atomic E-state index is -0.221. The molecular weight excluding hydrogens is 374 g/mol. The number of nitrogens with zero attached hydrogens (tertiary/aromatic N) is 1. The third-order valence-electron chi connectivity index (χ3n) is 4.66. The standard InChI is InChI=1S/C18H22ClN3O3S/c1-8-10(3)26-18-15(8)17(23)21-16(22-18)9(2)20-12-7-13(24-4)11(19)6-14(12)25-5/h6-7,9,15,18,20H,1-5H3,(H,21,22,23). The number of thioether (sulfide) groups is 1. The van der Waals surface area contributed by atoms with E-state index in [2.05, 4.69) is 10.6 Å². The first-order valence-corrected chi connectivity index (χ1v) is 9.52. The van der Waals surface area contributed by atoms with E-state index in [-0.39, 0.29) is 23.2 Å². The zero-order valence-corrected chi connectivity index (χ0v) is 16.9. The van der Waals surface area contributed by atoms with E-state index in [1.165, 1.54) is 4.91 Å². The van der Waals surface area contributed by atoms with E-state index in [1.807, 2.05) is 20.8 Å². The highest BCUT2D eigenvalue weighted by molar-refractivity contribution is 8.04. The molecule has 2 N–H and O–H groups in total. The number of ether oxygens (including phenoxy) is 2. The normalized spacial score (nSPS) is 23.2. The van der Waals surface area contributed by atoms with Gasteiger partial charge in [0.25, 0.3) is 0 Å². The number of halogens is 1. The van der Waals surface area contributed by atoms with Gasteiger partial charge in [-0.15, -0.1) is 11.8 Å². The van der Waals surface area contributed by atoms with Crippen LogP contribution < -0.4 is 20.1 Å². The zero-order chi connectivity index (χ0) is 19.0. The van der Waals surface area contributed by atoms with Gasteiger partial charge in [0.1, 0.15) is 22.7 Å². The summed E-state index contributed by atoms with van der Waals surface area (Å²) >= 11 is 7.80. The Morgan fingerprint density at radius 1 is 1.27 bits per heavy atom. The molecule has 3 unspecified atom stereocenters. The second-order valence-electron chi connectivity index (χ2n) is 6.28. The summed E-state index contributed by atoms with van der Waals surface area (Å²) in [7, 11) is 3.13. The fourth-order valence-corrected chi connectivity index (χ4v) is 4.61. The van der Waals surface area contributed by atoms with Crippen LogP contribution in [0.5, 0.6) is 11.5 Å². The number of benzene rings is 1. The monoisotopic (exact) mass is 395 g/mol. The molecule has 140 valence electrons. The lowest BCUT2D eigenvalue weighted by molar-refractivity contribution is -0.122. The maximum absolute atomic E-state index is 12.5. The number of aliphatic imine (C=N–C) groups is 1. The highest BCUT2D eigenvalue weighted by atomic mass is 35.5. The summed E-state index contributed by atoms with van der Waals surface area (Å²) in [5, 5.41) is 6.64. The average Bonchev–Trinajstić information content (AvgIpc) is 2.90. The van der Waals surface area contributed by atoms with Gasteiger partial charge in [-0.2, -0.15) is 0 Å². The average molecular weight is 396 g/mol. The smallest absolute Gasteiger partial charge is 0.235 e. The number of amides is 1. The molecule has 0 bridgehead atoms. The number of nitrogens with one attached hydrogen (secondary N) is 2. The zero-order valence-electron chi connectivity index (χ0n) is 15.3. The number of fused-ring (bicyclic) bond motifs is 1. The van der Waals surface area contributed by atoms with Gasteiger partial charge in [0.05, 0.1) is 36.9 Å². The largest absolute Gasteiger partial charge is 0.495 e. The van der Waals surface area contributed by atoms with Crippen LogP contribution in [-0.2, 0) is 4.79 Å². The van der Waals surface area contributed by atoms with Crippen LogP contribution in [0.25, 0.3) is 0 Å². The van der Waals surface area contributed by atoms with Crippen molar-refractivity contribution >= 4 is 40.8 Å². The summed E-state index contributed by atoms with van der Waals surface area (Å²) in [6.07, 6.45) is 0. The maximum Gasteiger partial charge on any atom is 0.235 e. The predicted octanol–water partition coefficient (Wildman–Crippen LogP) is 3.67. The molecule has 0 aromatic heterocycles. The Morgan fingerprint density at radius 3 is 2.62 bits per heavy atom. The number of carbonyl (C=O) groups excluding carboxylic acids is 1. The molecule has 2 aliphatic rings. The third-order valence-corrected chi connectivity index (χ3v) is 6.25. The number of hydrogen-bond acceptors (Lipinski definition) is 6. The molecule has 2 aliphatic heterocycles. The number of rotatable bonds is 5. The molecule has 3 rings (SSSR count). The molecule has 0 spiro atoms. The summed E-state index contributed by atoms with van der Waals surface area (Å²) < 4.78 is 10.7. The lowest BCUT2D eigenvalue weighted by Crippen LogP contribution is -2.49. The third kappa shape index (κ3) is 3.38.